The summed E-state index contributed by atoms with van der Waals surface area (Å²) in [5, 5.41) is 8.19. The lowest BCUT2D eigenvalue weighted by Crippen LogP contribution is -2.18. The van der Waals surface area contributed by atoms with Crippen LogP contribution in [-0.4, -0.2) is 20.0 Å². The fraction of sp³-hybridized carbons (Fsp3) is 0.174. The maximum atomic E-state index is 6.00. The first-order chi connectivity index (χ1) is 13.5. The molecule has 0 aliphatic carbocycles. The molecule has 0 saturated carbocycles. The second-order valence-electron chi connectivity index (χ2n) is 7.29. The molecule has 0 unspecified atom stereocenters. The quantitative estimate of drug-likeness (QED) is 0.491. The number of hydrogen-bond donors (Lipinski definition) is 0. The van der Waals surface area contributed by atoms with Crippen LogP contribution in [0.4, 0.5) is 0 Å². The maximum absolute atomic E-state index is 6.00. The van der Waals surface area contributed by atoms with Gasteiger partial charge < -0.3 is 4.74 Å². The average Bonchev–Trinajstić information content (AvgIpc) is 3.24. The van der Waals surface area contributed by atoms with Gasteiger partial charge in [-0.1, -0.05) is 55.8 Å². The highest BCUT2D eigenvalue weighted by Gasteiger charge is 2.22. The first-order valence-corrected chi connectivity index (χ1v) is 9.21. The topological polar surface area (TPSA) is 52.8 Å². The van der Waals surface area contributed by atoms with Gasteiger partial charge in [-0.05, 0) is 36.2 Å². The lowest BCUT2D eigenvalue weighted by molar-refractivity contribution is 0.480. The van der Waals surface area contributed by atoms with E-state index in [4.69, 9.17) is 4.74 Å². The van der Waals surface area contributed by atoms with E-state index in [0.29, 0.717) is 11.6 Å². The lowest BCUT2D eigenvalue weighted by atomic mass is 9.78. The van der Waals surface area contributed by atoms with Crippen molar-refractivity contribution in [3.8, 4) is 17.3 Å². The largest absolute Gasteiger partial charge is 0.457 e. The predicted molar refractivity (Wildman–Crippen MR) is 109 cm³/mol. The fourth-order valence-electron chi connectivity index (χ4n) is 3.12. The van der Waals surface area contributed by atoms with E-state index in [2.05, 4.69) is 72.4 Å². The SMILES string of the molecule is Cc1ccc(C(C)(C)c2ccc(Oc3ccnc(-n4nccn4)c3)cc2)cc1. The lowest BCUT2D eigenvalue weighted by Gasteiger charge is -2.26. The van der Waals surface area contributed by atoms with Gasteiger partial charge in [-0.25, -0.2) is 4.98 Å². The van der Waals surface area contributed by atoms with Crippen molar-refractivity contribution >= 4 is 0 Å². The summed E-state index contributed by atoms with van der Waals surface area (Å²) < 4.78 is 6.00. The van der Waals surface area contributed by atoms with Gasteiger partial charge in [-0.2, -0.15) is 10.2 Å². The summed E-state index contributed by atoms with van der Waals surface area (Å²) in [4.78, 5) is 5.73. The predicted octanol–water partition coefficient (Wildman–Crippen LogP) is 5.09. The van der Waals surface area contributed by atoms with Gasteiger partial charge in [0.25, 0.3) is 0 Å². The average molecular weight is 370 g/mol. The minimum absolute atomic E-state index is 0.0815. The monoisotopic (exact) mass is 370 g/mol. The summed E-state index contributed by atoms with van der Waals surface area (Å²) in [5.74, 6) is 2.07. The Hall–Kier alpha value is -3.47. The Balaban J connectivity index is 1.54. The molecule has 2 aromatic carbocycles. The smallest absolute Gasteiger partial charge is 0.177 e. The van der Waals surface area contributed by atoms with E-state index in [1.807, 2.05) is 24.3 Å². The molecule has 0 aliphatic rings. The minimum atomic E-state index is -0.0815. The molecule has 0 saturated heterocycles. The molecule has 0 amide bonds. The zero-order chi connectivity index (χ0) is 19.6. The number of aryl methyl sites for hydroxylation is 1. The van der Waals surface area contributed by atoms with Crippen LogP contribution in [0.15, 0.2) is 79.3 Å². The Morgan fingerprint density at radius 1 is 0.750 bits per heavy atom. The number of nitrogens with zero attached hydrogens (tertiary/aromatic N) is 4. The Bertz CT molecular complexity index is 1050. The van der Waals surface area contributed by atoms with Crippen LogP contribution >= 0.6 is 0 Å². The highest BCUT2D eigenvalue weighted by Crippen LogP contribution is 2.33. The maximum Gasteiger partial charge on any atom is 0.177 e. The Morgan fingerprint density at radius 2 is 1.36 bits per heavy atom. The molecule has 28 heavy (non-hydrogen) atoms. The molecular weight excluding hydrogens is 348 g/mol. The summed E-state index contributed by atoms with van der Waals surface area (Å²) in [7, 11) is 0. The first-order valence-electron chi connectivity index (χ1n) is 9.21. The van der Waals surface area contributed by atoms with E-state index < -0.39 is 0 Å². The molecule has 4 rings (SSSR count). The van der Waals surface area contributed by atoms with Gasteiger partial charge in [0.15, 0.2) is 5.82 Å². The fourth-order valence-corrected chi connectivity index (χ4v) is 3.12. The van der Waals surface area contributed by atoms with Crippen LogP contribution in [0.3, 0.4) is 0 Å². The third-order valence-corrected chi connectivity index (χ3v) is 4.93. The third kappa shape index (κ3) is 3.64. The Labute approximate surface area is 164 Å². The number of aromatic nitrogens is 4. The van der Waals surface area contributed by atoms with Crippen molar-refractivity contribution in [1.82, 2.24) is 20.0 Å². The second kappa shape index (κ2) is 7.27. The first kappa shape index (κ1) is 17.9. The van der Waals surface area contributed by atoms with Crippen molar-refractivity contribution in [2.45, 2.75) is 26.2 Å². The van der Waals surface area contributed by atoms with Gasteiger partial charge in [0.2, 0.25) is 0 Å². The molecular formula is C23H22N4O. The van der Waals surface area contributed by atoms with E-state index >= 15 is 0 Å². The van der Waals surface area contributed by atoms with Crippen LogP contribution in [0, 0.1) is 6.92 Å². The molecule has 0 radical (unpaired) electrons. The molecule has 0 spiro atoms. The van der Waals surface area contributed by atoms with Crippen molar-refractivity contribution in [3.63, 3.8) is 0 Å². The number of benzene rings is 2. The summed E-state index contributed by atoms with van der Waals surface area (Å²) in [6.07, 6.45) is 4.91. The third-order valence-electron chi connectivity index (χ3n) is 4.93. The highest BCUT2D eigenvalue weighted by atomic mass is 16.5. The van der Waals surface area contributed by atoms with Gasteiger partial charge in [0.1, 0.15) is 11.5 Å². The normalized spacial score (nSPS) is 11.4. The molecule has 0 aliphatic heterocycles. The number of ether oxygens (including phenoxy) is 1. The molecule has 0 bridgehead atoms. The van der Waals surface area contributed by atoms with E-state index in [1.54, 1.807) is 18.6 Å². The van der Waals surface area contributed by atoms with Gasteiger partial charge >= 0.3 is 0 Å². The molecule has 0 N–H and O–H groups in total. The zero-order valence-corrected chi connectivity index (χ0v) is 16.2. The van der Waals surface area contributed by atoms with Crippen molar-refractivity contribution in [3.05, 3.63) is 95.9 Å². The van der Waals surface area contributed by atoms with Crippen molar-refractivity contribution < 1.29 is 4.74 Å². The summed E-state index contributed by atoms with van der Waals surface area (Å²) in [6.45, 7) is 6.58. The molecule has 5 heteroatoms. The van der Waals surface area contributed by atoms with Crippen molar-refractivity contribution in [1.29, 1.82) is 0 Å². The van der Waals surface area contributed by atoms with Crippen LogP contribution in [0.2, 0.25) is 0 Å². The molecule has 2 aromatic heterocycles. The van der Waals surface area contributed by atoms with E-state index in [0.717, 1.165) is 5.75 Å². The summed E-state index contributed by atoms with van der Waals surface area (Å²) >= 11 is 0. The molecule has 140 valence electrons. The van der Waals surface area contributed by atoms with Gasteiger partial charge in [-0.3, -0.25) is 0 Å². The van der Waals surface area contributed by atoms with E-state index in [1.165, 1.54) is 21.5 Å². The molecule has 4 aromatic rings. The number of hydrogen-bond acceptors (Lipinski definition) is 4. The van der Waals surface area contributed by atoms with E-state index in [9.17, 15) is 0 Å². The van der Waals surface area contributed by atoms with Gasteiger partial charge in [0.05, 0.1) is 12.4 Å². The highest BCUT2D eigenvalue weighted by molar-refractivity contribution is 5.42. The van der Waals surface area contributed by atoms with Crippen LogP contribution < -0.4 is 4.74 Å². The van der Waals surface area contributed by atoms with Gasteiger partial charge in [0, 0.05) is 17.7 Å². The zero-order valence-electron chi connectivity index (χ0n) is 16.2. The molecule has 2 heterocycles. The van der Waals surface area contributed by atoms with Crippen molar-refractivity contribution in [2.24, 2.45) is 0 Å². The molecule has 0 fully saturated rings. The Morgan fingerprint density at radius 3 is 2.00 bits per heavy atom. The van der Waals surface area contributed by atoms with E-state index in [-0.39, 0.29) is 5.41 Å². The van der Waals surface area contributed by atoms with Crippen LogP contribution in [0.25, 0.3) is 5.82 Å². The second-order valence-corrected chi connectivity index (χ2v) is 7.29. The number of pyridine rings is 1. The molecule has 5 nitrogen and oxygen atoms in total. The number of rotatable bonds is 5. The summed E-state index contributed by atoms with van der Waals surface area (Å²) in [5.41, 5.74) is 3.71. The Kier molecular flexibility index (Phi) is 4.65. The van der Waals surface area contributed by atoms with Crippen molar-refractivity contribution in [2.75, 3.05) is 0 Å². The van der Waals surface area contributed by atoms with Crippen LogP contribution in [0.5, 0.6) is 11.5 Å². The standard InChI is InChI=1S/C23H22N4O/c1-17-4-6-18(7-5-17)23(2,3)19-8-10-20(11-9-19)28-21-12-13-24-22(16-21)27-25-14-15-26-27/h4-16H,1-3H3. The van der Waals surface area contributed by atoms with Crippen LogP contribution in [-0.2, 0) is 5.41 Å². The summed E-state index contributed by atoms with van der Waals surface area (Å²) in [6, 6.07) is 20.6. The molecule has 0 atom stereocenters. The van der Waals surface area contributed by atoms with Crippen LogP contribution in [0.1, 0.15) is 30.5 Å². The van der Waals surface area contributed by atoms with Gasteiger partial charge in [-0.15, -0.1) is 4.80 Å². The minimum Gasteiger partial charge on any atom is -0.457 e.